The van der Waals surface area contributed by atoms with Crippen LogP contribution in [0.5, 0.6) is 0 Å². The Labute approximate surface area is 114 Å². The minimum absolute atomic E-state index is 0.109. The number of hydrogen-bond acceptors (Lipinski definition) is 3. The van der Waals surface area contributed by atoms with Crippen molar-refractivity contribution >= 4 is 21.7 Å². The van der Waals surface area contributed by atoms with Gasteiger partial charge in [-0.25, -0.2) is 0 Å². The number of carbonyl (C=O) groups excluding carboxylic acids is 1. The largest absolute Gasteiger partial charge is 0.455 e. The summed E-state index contributed by atoms with van der Waals surface area (Å²) in [6.07, 6.45) is 0. The lowest BCUT2D eigenvalue weighted by Crippen LogP contribution is -2.02. The van der Waals surface area contributed by atoms with E-state index in [-0.39, 0.29) is 5.78 Å². The number of ether oxygens (including phenoxy) is 1. The van der Waals surface area contributed by atoms with Gasteiger partial charge in [-0.3, -0.25) is 4.79 Å². The van der Waals surface area contributed by atoms with Gasteiger partial charge in [-0.15, -0.1) is 0 Å². The Kier molecular flexibility index (Phi) is 3.99. The molecule has 0 N–H and O–H groups in total. The van der Waals surface area contributed by atoms with Crippen molar-refractivity contribution in [2.24, 2.45) is 0 Å². The van der Waals surface area contributed by atoms with Gasteiger partial charge in [0.1, 0.15) is 12.4 Å². The van der Waals surface area contributed by atoms with Crippen molar-refractivity contribution in [3.63, 3.8) is 0 Å². The van der Waals surface area contributed by atoms with Crippen LogP contribution in [-0.2, 0) is 11.3 Å². The van der Waals surface area contributed by atoms with E-state index in [2.05, 4.69) is 15.9 Å². The summed E-state index contributed by atoms with van der Waals surface area (Å²) in [5, 5.41) is 0. The minimum Gasteiger partial charge on any atom is -0.455 e. The van der Waals surface area contributed by atoms with E-state index in [0.29, 0.717) is 23.7 Å². The van der Waals surface area contributed by atoms with Gasteiger partial charge in [0.15, 0.2) is 5.76 Å². The molecule has 0 saturated heterocycles. The number of halogens is 1. The van der Waals surface area contributed by atoms with Crippen LogP contribution in [0.2, 0.25) is 0 Å². The molecule has 2 aromatic rings. The third-order valence-electron chi connectivity index (χ3n) is 2.61. The summed E-state index contributed by atoms with van der Waals surface area (Å²) in [4.78, 5) is 12.2. The van der Waals surface area contributed by atoms with Gasteiger partial charge >= 0.3 is 0 Å². The van der Waals surface area contributed by atoms with Gasteiger partial charge in [-0.2, -0.15) is 0 Å². The van der Waals surface area contributed by atoms with Crippen molar-refractivity contribution < 1.29 is 13.9 Å². The van der Waals surface area contributed by atoms with Crippen molar-refractivity contribution in [1.82, 2.24) is 0 Å². The highest BCUT2D eigenvalue weighted by atomic mass is 79.9. The highest BCUT2D eigenvalue weighted by Gasteiger charge is 2.15. The maximum atomic E-state index is 12.2. The van der Waals surface area contributed by atoms with E-state index in [9.17, 15) is 4.79 Å². The molecule has 2 rings (SSSR count). The zero-order chi connectivity index (χ0) is 13.1. The van der Waals surface area contributed by atoms with Crippen molar-refractivity contribution in [3.8, 4) is 0 Å². The molecule has 94 valence electrons. The van der Waals surface area contributed by atoms with Gasteiger partial charge in [-0.1, -0.05) is 15.9 Å². The number of ketones is 1. The van der Waals surface area contributed by atoms with Gasteiger partial charge in [0.05, 0.1) is 0 Å². The van der Waals surface area contributed by atoms with E-state index in [1.165, 1.54) is 0 Å². The maximum Gasteiger partial charge on any atom is 0.228 e. The van der Waals surface area contributed by atoms with Crippen LogP contribution < -0.4 is 0 Å². The van der Waals surface area contributed by atoms with E-state index in [4.69, 9.17) is 9.15 Å². The van der Waals surface area contributed by atoms with Crippen molar-refractivity contribution in [2.45, 2.75) is 13.5 Å². The van der Waals surface area contributed by atoms with Crippen LogP contribution in [0.3, 0.4) is 0 Å². The first-order valence-electron chi connectivity index (χ1n) is 5.50. The van der Waals surface area contributed by atoms with Crippen LogP contribution in [0.1, 0.15) is 27.4 Å². The number of aryl methyl sites for hydroxylation is 1. The molecule has 0 amide bonds. The molecule has 3 nitrogen and oxygen atoms in total. The van der Waals surface area contributed by atoms with Crippen molar-refractivity contribution in [1.29, 1.82) is 0 Å². The van der Waals surface area contributed by atoms with Crippen LogP contribution in [0, 0.1) is 6.92 Å². The summed E-state index contributed by atoms with van der Waals surface area (Å²) in [7, 11) is 1.59. The molecule has 0 radical (unpaired) electrons. The first kappa shape index (κ1) is 13.1. The van der Waals surface area contributed by atoms with E-state index in [1.807, 2.05) is 19.1 Å². The molecule has 1 heterocycles. The fourth-order valence-corrected chi connectivity index (χ4v) is 2.21. The number of benzene rings is 1. The predicted molar refractivity (Wildman–Crippen MR) is 71.7 cm³/mol. The SMILES string of the molecule is COCc1ccc(C(=O)c2ccc(Br)cc2C)o1. The monoisotopic (exact) mass is 308 g/mol. The van der Waals surface area contributed by atoms with Gasteiger partial charge in [0, 0.05) is 17.1 Å². The molecule has 1 aromatic heterocycles. The Hall–Kier alpha value is -1.39. The molecule has 1 aromatic carbocycles. The quantitative estimate of drug-likeness (QED) is 0.808. The lowest BCUT2D eigenvalue weighted by molar-refractivity contribution is 0.0999. The standard InChI is InChI=1S/C14H13BrO3/c1-9-7-10(15)3-5-12(9)14(16)13-6-4-11(18-13)8-17-2/h3-7H,8H2,1-2H3. The average molecular weight is 309 g/mol. The summed E-state index contributed by atoms with van der Waals surface area (Å²) >= 11 is 3.38. The second-order valence-corrected chi connectivity index (χ2v) is 4.90. The Morgan fingerprint density at radius 1 is 1.33 bits per heavy atom. The number of furan rings is 1. The molecule has 0 spiro atoms. The third kappa shape index (κ3) is 2.71. The Morgan fingerprint density at radius 3 is 2.78 bits per heavy atom. The predicted octanol–water partition coefficient (Wildman–Crippen LogP) is 3.73. The molecule has 0 unspecified atom stereocenters. The van der Waals surface area contributed by atoms with Crippen LogP contribution in [-0.4, -0.2) is 12.9 Å². The summed E-state index contributed by atoms with van der Waals surface area (Å²) in [6, 6.07) is 8.98. The second-order valence-electron chi connectivity index (χ2n) is 3.99. The fourth-order valence-electron chi connectivity index (χ4n) is 1.73. The summed E-state index contributed by atoms with van der Waals surface area (Å²) in [6.45, 7) is 2.27. The molecule has 0 bridgehead atoms. The van der Waals surface area contributed by atoms with Gasteiger partial charge in [0.2, 0.25) is 5.78 Å². The molecule has 0 aliphatic heterocycles. The maximum absolute atomic E-state index is 12.2. The van der Waals surface area contributed by atoms with Crippen LogP contribution in [0.15, 0.2) is 39.2 Å². The van der Waals surface area contributed by atoms with E-state index >= 15 is 0 Å². The number of hydrogen-bond donors (Lipinski definition) is 0. The van der Waals surface area contributed by atoms with Crippen LogP contribution >= 0.6 is 15.9 Å². The highest BCUT2D eigenvalue weighted by Crippen LogP contribution is 2.20. The molecular weight excluding hydrogens is 296 g/mol. The minimum atomic E-state index is -0.109. The topological polar surface area (TPSA) is 39.4 Å². The Balaban J connectivity index is 2.29. The third-order valence-corrected chi connectivity index (χ3v) is 3.10. The zero-order valence-corrected chi connectivity index (χ0v) is 11.8. The van der Waals surface area contributed by atoms with Gasteiger partial charge < -0.3 is 9.15 Å². The fraction of sp³-hybridized carbons (Fsp3) is 0.214. The number of rotatable bonds is 4. The van der Waals surface area contributed by atoms with Crippen molar-refractivity contribution in [2.75, 3.05) is 7.11 Å². The Bertz CT molecular complexity index is 572. The van der Waals surface area contributed by atoms with E-state index in [1.54, 1.807) is 25.3 Å². The zero-order valence-electron chi connectivity index (χ0n) is 10.2. The van der Waals surface area contributed by atoms with Gasteiger partial charge in [-0.05, 0) is 42.8 Å². The number of methoxy groups -OCH3 is 1. The van der Waals surface area contributed by atoms with E-state index < -0.39 is 0 Å². The normalized spacial score (nSPS) is 10.6. The van der Waals surface area contributed by atoms with Crippen LogP contribution in [0.25, 0.3) is 0 Å². The second kappa shape index (κ2) is 5.50. The molecule has 0 aliphatic rings. The van der Waals surface area contributed by atoms with Crippen LogP contribution in [0.4, 0.5) is 0 Å². The van der Waals surface area contributed by atoms with Crippen molar-refractivity contribution in [3.05, 3.63) is 57.5 Å². The smallest absolute Gasteiger partial charge is 0.228 e. The molecule has 0 aliphatic carbocycles. The molecule has 4 heteroatoms. The summed E-state index contributed by atoms with van der Waals surface area (Å²) in [5.41, 5.74) is 1.57. The molecule has 0 fully saturated rings. The average Bonchev–Trinajstić information content (AvgIpc) is 2.77. The molecule has 18 heavy (non-hydrogen) atoms. The first-order valence-corrected chi connectivity index (χ1v) is 6.29. The molecular formula is C14H13BrO3. The van der Waals surface area contributed by atoms with Gasteiger partial charge in [0.25, 0.3) is 0 Å². The molecule has 0 atom stereocenters. The first-order chi connectivity index (χ1) is 8.61. The van der Waals surface area contributed by atoms with E-state index in [0.717, 1.165) is 10.0 Å². The number of carbonyl (C=O) groups is 1. The lowest BCUT2D eigenvalue weighted by Gasteiger charge is -2.03. The summed E-state index contributed by atoms with van der Waals surface area (Å²) < 4.78 is 11.3. The lowest BCUT2D eigenvalue weighted by atomic mass is 10.0. The molecule has 0 saturated carbocycles. The highest BCUT2D eigenvalue weighted by molar-refractivity contribution is 9.10. The Morgan fingerprint density at radius 2 is 2.11 bits per heavy atom. The summed E-state index contributed by atoms with van der Waals surface area (Å²) in [5.74, 6) is 0.880.